The number of pyridine rings is 2. The molecule has 0 N–H and O–H groups in total. The fraction of sp³-hybridized carbons (Fsp3) is 0.308. The Bertz CT molecular complexity index is 1350. The quantitative estimate of drug-likeness (QED) is 0.416. The lowest BCUT2D eigenvalue weighted by Gasteiger charge is -2.20. The van der Waals surface area contributed by atoms with Crippen LogP contribution in [0.2, 0.25) is 0 Å². The van der Waals surface area contributed by atoms with Crippen LogP contribution in [0.25, 0.3) is 28.0 Å². The summed E-state index contributed by atoms with van der Waals surface area (Å²) in [7, 11) is 2.13. The zero-order valence-electron chi connectivity index (χ0n) is 17.8. The highest BCUT2D eigenvalue weighted by atomic mass is 35.5. The van der Waals surface area contributed by atoms with Crippen molar-refractivity contribution in [2.75, 3.05) is 0 Å². The summed E-state index contributed by atoms with van der Waals surface area (Å²) in [5, 5.41) is 1.27. The van der Waals surface area contributed by atoms with Crippen molar-refractivity contribution >= 4 is 23.4 Å². The highest BCUT2D eigenvalue weighted by Crippen LogP contribution is 2.49. The molecule has 6 rings (SSSR count). The lowest BCUT2D eigenvalue weighted by Crippen LogP contribution is -2.17. The SMILES string of the molecule is Cc1ccc(-c2ccn(-c3ccc4c5c(n(C)c4n3)CC3CCC5C3)c(=O)c2)cc1.Cl. The van der Waals surface area contributed by atoms with E-state index in [0.29, 0.717) is 11.7 Å². The molecular weight excluding hydrogens is 406 g/mol. The number of halogens is 1. The van der Waals surface area contributed by atoms with Gasteiger partial charge in [0.15, 0.2) is 0 Å². The standard InChI is InChI=1S/C26H25N3O.ClH/c1-16-3-6-18(7-4-16)19-11-12-29(24(30)15-19)23-10-9-21-25-20-8-5-17(13-20)14-22(25)28(2)26(21)27-23;/h3-4,6-7,9-12,15,17,20H,5,8,13-14H2,1-2H3;1H. The van der Waals surface area contributed by atoms with Crippen molar-refractivity contribution in [1.82, 2.24) is 14.1 Å². The van der Waals surface area contributed by atoms with Gasteiger partial charge in [-0.1, -0.05) is 29.8 Å². The van der Waals surface area contributed by atoms with Crippen LogP contribution in [0.4, 0.5) is 0 Å². The van der Waals surface area contributed by atoms with Gasteiger partial charge in [-0.3, -0.25) is 9.36 Å². The summed E-state index contributed by atoms with van der Waals surface area (Å²) in [6, 6.07) is 16.1. The molecule has 5 heteroatoms. The summed E-state index contributed by atoms with van der Waals surface area (Å²) in [6.07, 6.45) is 7.00. The number of fused-ring (bicyclic) bond motifs is 6. The fourth-order valence-electron chi connectivity index (χ4n) is 5.59. The van der Waals surface area contributed by atoms with Gasteiger partial charge >= 0.3 is 0 Å². The van der Waals surface area contributed by atoms with Crippen molar-refractivity contribution in [2.45, 2.75) is 38.5 Å². The Morgan fingerprint density at radius 1 is 1.00 bits per heavy atom. The van der Waals surface area contributed by atoms with Crippen molar-refractivity contribution in [3.63, 3.8) is 0 Å². The molecular formula is C26H26ClN3O. The number of aryl methyl sites for hydroxylation is 2. The van der Waals surface area contributed by atoms with Crippen molar-refractivity contribution in [1.29, 1.82) is 0 Å². The molecule has 31 heavy (non-hydrogen) atoms. The lowest BCUT2D eigenvalue weighted by atomic mass is 9.86. The molecule has 2 aliphatic carbocycles. The molecule has 1 saturated carbocycles. The summed E-state index contributed by atoms with van der Waals surface area (Å²) in [5.41, 5.74) is 7.11. The van der Waals surface area contributed by atoms with E-state index >= 15 is 0 Å². The highest BCUT2D eigenvalue weighted by molar-refractivity contribution is 5.85. The van der Waals surface area contributed by atoms with Gasteiger partial charge in [-0.25, -0.2) is 4.98 Å². The van der Waals surface area contributed by atoms with Crippen molar-refractivity contribution in [3.05, 3.63) is 81.9 Å². The summed E-state index contributed by atoms with van der Waals surface area (Å²) in [4.78, 5) is 17.9. The first-order chi connectivity index (χ1) is 14.6. The number of benzene rings is 1. The van der Waals surface area contributed by atoms with Crippen LogP contribution in [0.15, 0.2) is 59.5 Å². The summed E-state index contributed by atoms with van der Waals surface area (Å²) >= 11 is 0. The van der Waals surface area contributed by atoms with Crippen LogP contribution in [-0.2, 0) is 13.5 Å². The van der Waals surface area contributed by atoms with Gasteiger partial charge in [0.05, 0.1) is 0 Å². The first-order valence-electron chi connectivity index (χ1n) is 10.9. The third-order valence-electron chi connectivity index (χ3n) is 7.17. The molecule has 3 heterocycles. The predicted molar refractivity (Wildman–Crippen MR) is 128 cm³/mol. The van der Waals surface area contributed by atoms with E-state index in [1.54, 1.807) is 10.6 Å². The Morgan fingerprint density at radius 3 is 2.58 bits per heavy atom. The Kier molecular flexibility index (Phi) is 4.78. The second-order valence-corrected chi connectivity index (χ2v) is 9.03. The minimum Gasteiger partial charge on any atom is -0.332 e. The van der Waals surface area contributed by atoms with Gasteiger partial charge in [0.25, 0.3) is 5.56 Å². The zero-order chi connectivity index (χ0) is 20.4. The van der Waals surface area contributed by atoms with Crippen molar-refractivity contribution < 1.29 is 0 Å². The Morgan fingerprint density at radius 2 is 1.81 bits per heavy atom. The smallest absolute Gasteiger partial charge is 0.256 e. The predicted octanol–water partition coefficient (Wildman–Crippen LogP) is 5.56. The molecule has 0 aliphatic heterocycles. The number of hydrogen-bond donors (Lipinski definition) is 0. The molecule has 2 aliphatic rings. The molecule has 0 radical (unpaired) electrons. The second kappa shape index (κ2) is 7.38. The third-order valence-corrected chi connectivity index (χ3v) is 7.17. The zero-order valence-corrected chi connectivity index (χ0v) is 18.7. The van der Waals surface area contributed by atoms with E-state index in [0.717, 1.165) is 22.7 Å². The minimum absolute atomic E-state index is 0. The van der Waals surface area contributed by atoms with Gasteiger partial charge in [0.1, 0.15) is 11.5 Å². The normalized spacial score (nSPS) is 19.3. The third kappa shape index (κ3) is 3.12. The van der Waals surface area contributed by atoms with E-state index in [1.807, 2.05) is 18.3 Å². The molecule has 0 saturated heterocycles. The maximum Gasteiger partial charge on any atom is 0.256 e. The van der Waals surface area contributed by atoms with Crippen LogP contribution in [0.5, 0.6) is 0 Å². The first-order valence-corrected chi connectivity index (χ1v) is 10.9. The van der Waals surface area contributed by atoms with E-state index < -0.39 is 0 Å². The van der Waals surface area contributed by atoms with Crippen LogP contribution in [-0.4, -0.2) is 14.1 Å². The van der Waals surface area contributed by atoms with Crippen LogP contribution in [0.1, 0.15) is 42.0 Å². The average molecular weight is 432 g/mol. The molecule has 2 bridgehead atoms. The molecule has 3 aromatic heterocycles. The molecule has 4 aromatic rings. The van der Waals surface area contributed by atoms with Crippen molar-refractivity contribution in [2.24, 2.45) is 13.0 Å². The number of rotatable bonds is 2. The summed E-state index contributed by atoms with van der Waals surface area (Å²) < 4.78 is 3.92. The summed E-state index contributed by atoms with van der Waals surface area (Å²) in [5.74, 6) is 2.21. The molecule has 0 amide bonds. The van der Waals surface area contributed by atoms with E-state index in [-0.39, 0.29) is 18.0 Å². The fourth-order valence-corrected chi connectivity index (χ4v) is 5.59. The number of aromatic nitrogens is 3. The highest BCUT2D eigenvalue weighted by Gasteiger charge is 2.36. The minimum atomic E-state index is -0.0574. The van der Waals surface area contributed by atoms with Crippen LogP contribution in [0, 0.1) is 12.8 Å². The van der Waals surface area contributed by atoms with Gasteiger partial charge in [0, 0.05) is 30.4 Å². The number of hydrogen-bond acceptors (Lipinski definition) is 2. The molecule has 0 spiro atoms. The maximum absolute atomic E-state index is 12.9. The van der Waals surface area contributed by atoms with Gasteiger partial charge in [-0.05, 0) is 79.3 Å². The number of nitrogens with zero attached hydrogens (tertiary/aromatic N) is 3. The van der Waals surface area contributed by atoms with E-state index in [1.165, 1.54) is 47.9 Å². The van der Waals surface area contributed by atoms with Crippen molar-refractivity contribution in [3.8, 4) is 16.9 Å². The lowest BCUT2D eigenvalue weighted by molar-refractivity contribution is 0.495. The monoisotopic (exact) mass is 431 g/mol. The molecule has 2 atom stereocenters. The molecule has 4 nitrogen and oxygen atoms in total. The molecule has 158 valence electrons. The largest absolute Gasteiger partial charge is 0.332 e. The van der Waals surface area contributed by atoms with Crippen LogP contribution < -0.4 is 5.56 Å². The Hall–Kier alpha value is -2.85. The van der Waals surface area contributed by atoms with E-state index in [4.69, 9.17) is 4.98 Å². The van der Waals surface area contributed by atoms with Gasteiger partial charge < -0.3 is 4.57 Å². The van der Waals surface area contributed by atoms with Gasteiger partial charge in [-0.15, -0.1) is 12.4 Å². The average Bonchev–Trinajstić information content (AvgIpc) is 3.27. The first kappa shape index (κ1) is 20.1. The summed E-state index contributed by atoms with van der Waals surface area (Å²) in [6.45, 7) is 2.07. The Labute approximate surface area is 188 Å². The van der Waals surface area contributed by atoms with Crippen LogP contribution in [0.3, 0.4) is 0 Å². The van der Waals surface area contributed by atoms with Gasteiger partial charge in [0.2, 0.25) is 0 Å². The topological polar surface area (TPSA) is 39.8 Å². The molecule has 1 fully saturated rings. The van der Waals surface area contributed by atoms with E-state index in [9.17, 15) is 4.79 Å². The van der Waals surface area contributed by atoms with E-state index in [2.05, 4.69) is 48.9 Å². The van der Waals surface area contributed by atoms with Crippen LogP contribution >= 0.6 is 12.4 Å². The van der Waals surface area contributed by atoms with Gasteiger partial charge in [-0.2, -0.15) is 0 Å². The second-order valence-electron chi connectivity index (χ2n) is 9.03. The Balaban J connectivity index is 0.00000204. The molecule has 1 aromatic carbocycles. The maximum atomic E-state index is 12.9. The molecule has 2 unspecified atom stereocenters.